The lowest BCUT2D eigenvalue weighted by molar-refractivity contribution is 0.387. The number of hydrogen-bond donors (Lipinski definition) is 3. The van der Waals surface area contributed by atoms with E-state index < -0.39 is 5.92 Å². The van der Waals surface area contributed by atoms with Crippen LogP contribution in [-0.2, 0) is 13.0 Å². The van der Waals surface area contributed by atoms with Crippen LogP contribution < -0.4 is 20.8 Å². The van der Waals surface area contributed by atoms with E-state index in [0.717, 1.165) is 5.56 Å². The second kappa shape index (κ2) is 8.63. The van der Waals surface area contributed by atoms with E-state index in [1.807, 2.05) is 6.07 Å². The Morgan fingerprint density at radius 2 is 1.97 bits per heavy atom. The summed E-state index contributed by atoms with van der Waals surface area (Å²) in [5, 5.41) is 29.1. The summed E-state index contributed by atoms with van der Waals surface area (Å²) in [4.78, 5) is 13.7. The molecule has 0 radical (unpaired) electrons. The normalized spacial score (nSPS) is 14.9. The van der Waals surface area contributed by atoms with Crippen LogP contribution in [0.1, 0.15) is 28.3 Å². The molecule has 1 aliphatic heterocycles. The number of aryl methyl sites for hydroxylation is 2. The number of nitrogens with two attached hydrogens (primary N) is 1. The van der Waals surface area contributed by atoms with Crippen molar-refractivity contribution in [1.29, 1.82) is 5.26 Å². The SMILES string of the molecule is COc1cccc([C@@H]2C(C#N)=C(N)Oc3cc(C)n(CCc4ccc(O)c(O)c4)c(=O)c32)c1. The Morgan fingerprint density at radius 1 is 1.18 bits per heavy atom. The molecule has 0 saturated heterocycles. The molecule has 1 atom stereocenters. The second-order valence-electron chi connectivity index (χ2n) is 7.79. The first-order valence-corrected chi connectivity index (χ1v) is 10.3. The number of phenolic OH excluding ortho intramolecular Hbond substituents is 2. The number of methoxy groups -OCH3 is 1. The van der Waals surface area contributed by atoms with Crippen molar-refractivity contribution in [3.8, 4) is 29.1 Å². The Labute approximate surface area is 190 Å². The summed E-state index contributed by atoms with van der Waals surface area (Å²) in [6.07, 6.45) is 0.446. The second-order valence-corrected chi connectivity index (χ2v) is 7.79. The van der Waals surface area contributed by atoms with Crippen LogP contribution >= 0.6 is 0 Å². The zero-order chi connectivity index (χ0) is 23.7. The summed E-state index contributed by atoms with van der Waals surface area (Å²) < 4.78 is 12.6. The Bertz CT molecular complexity index is 1370. The molecule has 0 amide bonds. The number of nitriles is 1. The van der Waals surface area contributed by atoms with Gasteiger partial charge < -0.3 is 30.0 Å². The summed E-state index contributed by atoms with van der Waals surface area (Å²) in [7, 11) is 1.55. The van der Waals surface area contributed by atoms with Crippen LogP contribution in [0.15, 0.2) is 64.8 Å². The molecule has 0 saturated carbocycles. The van der Waals surface area contributed by atoms with Gasteiger partial charge in [-0.2, -0.15) is 5.26 Å². The van der Waals surface area contributed by atoms with Crippen LogP contribution in [0.25, 0.3) is 0 Å². The molecule has 4 rings (SSSR count). The quantitative estimate of drug-likeness (QED) is 0.515. The van der Waals surface area contributed by atoms with Crippen molar-refractivity contribution < 1.29 is 19.7 Å². The number of nitrogens with zero attached hydrogens (tertiary/aromatic N) is 2. The molecule has 4 N–H and O–H groups in total. The largest absolute Gasteiger partial charge is 0.504 e. The Kier molecular flexibility index (Phi) is 5.71. The van der Waals surface area contributed by atoms with Gasteiger partial charge in [0.2, 0.25) is 5.88 Å². The minimum Gasteiger partial charge on any atom is -0.504 e. The molecule has 1 aliphatic rings. The minimum absolute atomic E-state index is 0.0334. The van der Waals surface area contributed by atoms with E-state index in [2.05, 4.69) is 6.07 Å². The molecule has 3 aromatic rings. The number of hydrogen-bond acceptors (Lipinski definition) is 7. The standard InChI is InChI=1S/C25H23N3O5/c1-14-10-21-23(25(31)28(14)9-8-15-6-7-19(29)20(30)11-15)22(18(13-26)24(27)33-21)16-4-3-5-17(12-16)32-2/h3-7,10-12,22,29-30H,8-9,27H2,1-2H3/t22-/m1/s1. The van der Waals surface area contributed by atoms with Crippen molar-refractivity contribution in [2.75, 3.05) is 7.11 Å². The van der Waals surface area contributed by atoms with E-state index in [0.29, 0.717) is 41.3 Å². The number of ether oxygens (including phenoxy) is 2. The van der Waals surface area contributed by atoms with Gasteiger partial charge in [-0.05, 0) is 48.7 Å². The van der Waals surface area contributed by atoms with E-state index in [1.54, 1.807) is 48.9 Å². The first-order chi connectivity index (χ1) is 15.8. The zero-order valence-electron chi connectivity index (χ0n) is 18.2. The summed E-state index contributed by atoms with van der Waals surface area (Å²) in [5.74, 6) is -0.239. The van der Waals surface area contributed by atoms with Crippen molar-refractivity contribution in [1.82, 2.24) is 4.57 Å². The summed E-state index contributed by atoms with van der Waals surface area (Å²) >= 11 is 0. The number of benzene rings is 2. The molecule has 0 bridgehead atoms. The maximum Gasteiger partial charge on any atom is 0.258 e. The van der Waals surface area contributed by atoms with E-state index in [1.165, 1.54) is 12.1 Å². The first-order valence-electron chi connectivity index (χ1n) is 10.3. The molecule has 8 heteroatoms. The van der Waals surface area contributed by atoms with Gasteiger partial charge in [0, 0.05) is 18.3 Å². The third-order valence-corrected chi connectivity index (χ3v) is 5.78. The molecule has 0 fully saturated rings. The predicted molar refractivity (Wildman–Crippen MR) is 121 cm³/mol. The number of pyridine rings is 1. The molecule has 0 spiro atoms. The number of phenols is 2. The fraction of sp³-hybridized carbons (Fsp3) is 0.200. The molecule has 1 aromatic heterocycles. The third-order valence-electron chi connectivity index (χ3n) is 5.78. The molecular formula is C25H23N3O5. The maximum absolute atomic E-state index is 13.7. The lowest BCUT2D eigenvalue weighted by atomic mass is 9.84. The average Bonchev–Trinajstić information content (AvgIpc) is 2.80. The monoisotopic (exact) mass is 445 g/mol. The summed E-state index contributed by atoms with van der Waals surface area (Å²) in [5.41, 5.74) is 8.36. The molecule has 2 aromatic carbocycles. The van der Waals surface area contributed by atoms with Crippen LogP contribution in [0.5, 0.6) is 23.0 Å². The van der Waals surface area contributed by atoms with Crippen LogP contribution in [0, 0.1) is 18.3 Å². The van der Waals surface area contributed by atoms with E-state index in [9.17, 15) is 20.3 Å². The van der Waals surface area contributed by atoms with E-state index >= 15 is 0 Å². The molecule has 33 heavy (non-hydrogen) atoms. The lowest BCUT2D eigenvalue weighted by Crippen LogP contribution is -2.33. The van der Waals surface area contributed by atoms with Gasteiger partial charge in [-0.25, -0.2) is 0 Å². The smallest absolute Gasteiger partial charge is 0.258 e. The van der Waals surface area contributed by atoms with Crippen LogP contribution in [0.3, 0.4) is 0 Å². The van der Waals surface area contributed by atoms with Crippen LogP contribution in [0.4, 0.5) is 0 Å². The van der Waals surface area contributed by atoms with Gasteiger partial charge in [0.25, 0.3) is 5.56 Å². The minimum atomic E-state index is -0.703. The fourth-order valence-corrected chi connectivity index (χ4v) is 4.08. The molecule has 168 valence electrons. The molecular weight excluding hydrogens is 422 g/mol. The molecule has 2 heterocycles. The number of fused-ring (bicyclic) bond motifs is 1. The highest BCUT2D eigenvalue weighted by molar-refractivity contribution is 5.56. The fourth-order valence-electron chi connectivity index (χ4n) is 4.08. The Hall–Kier alpha value is -4.38. The van der Waals surface area contributed by atoms with Gasteiger partial charge in [-0.3, -0.25) is 4.79 Å². The first kappa shape index (κ1) is 21.8. The van der Waals surface area contributed by atoms with Crippen LogP contribution in [-0.4, -0.2) is 21.9 Å². The number of allylic oxidation sites excluding steroid dienone is 1. The van der Waals surface area contributed by atoms with Crippen molar-refractivity contribution >= 4 is 0 Å². The summed E-state index contributed by atoms with van der Waals surface area (Å²) in [6.45, 7) is 2.12. The molecule has 8 nitrogen and oxygen atoms in total. The number of aromatic nitrogens is 1. The summed E-state index contributed by atoms with van der Waals surface area (Å²) in [6, 6.07) is 15.6. The van der Waals surface area contributed by atoms with E-state index in [4.69, 9.17) is 15.2 Å². The van der Waals surface area contributed by atoms with Crippen molar-refractivity contribution in [3.05, 3.63) is 92.7 Å². The number of aromatic hydroxyl groups is 2. The molecule has 0 unspecified atom stereocenters. The topological polar surface area (TPSA) is 131 Å². The lowest BCUT2D eigenvalue weighted by Gasteiger charge is -2.27. The number of rotatable bonds is 5. The highest BCUT2D eigenvalue weighted by Gasteiger charge is 2.34. The zero-order valence-corrected chi connectivity index (χ0v) is 18.2. The van der Waals surface area contributed by atoms with Gasteiger partial charge in [-0.1, -0.05) is 18.2 Å². The maximum atomic E-state index is 13.7. The Morgan fingerprint density at radius 3 is 2.67 bits per heavy atom. The van der Waals surface area contributed by atoms with Crippen molar-refractivity contribution in [2.45, 2.75) is 25.8 Å². The molecule has 0 aliphatic carbocycles. The van der Waals surface area contributed by atoms with Gasteiger partial charge in [0.05, 0.1) is 18.6 Å². The predicted octanol–water partition coefficient (Wildman–Crippen LogP) is 3.04. The van der Waals surface area contributed by atoms with Crippen LogP contribution in [0.2, 0.25) is 0 Å². The van der Waals surface area contributed by atoms with Gasteiger partial charge in [-0.15, -0.1) is 0 Å². The highest BCUT2D eigenvalue weighted by atomic mass is 16.5. The van der Waals surface area contributed by atoms with Crippen molar-refractivity contribution in [2.24, 2.45) is 5.73 Å². The Balaban J connectivity index is 1.81. The third kappa shape index (κ3) is 3.96. The average molecular weight is 445 g/mol. The van der Waals surface area contributed by atoms with Gasteiger partial charge in [0.1, 0.15) is 23.1 Å². The van der Waals surface area contributed by atoms with Gasteiger partial charge in [0.15, 0.2) is 11.5 Å². The highest BCUT2D eigenvalue weighted by Crippen LogP contribution is 2.41. The van der Waals surface area contributed by atoms with E-state index in [-0.39, 0.29) is 28.5 Å². The van der Waals surface area contributed by atoms with Gasteiger partial charge >= 0.3 is 0 Å². The van der Waals surface area contributed by atoms with Crippen molar-refractivity contribution in [3.63, 3.8) is 0 Å².